The van der Waals surface area contributed by atoms with Gasteiger partial charge in [0.25, 0.3) is 0 Å². The highest BCUT2D eigenvalue weighted by atomic mass is 28.4. The van der Waals surface area contributed by atoms with Crippen molar-refractivity contribution in [1.82, 2.24) is 10.3 Å². The number of anilines is 1. The average Bonchev–Trinajstić information content (AvgIpc) is 2.64. The number of piperazine rings is 1. The molecule has 1 aromatic carbocycles. The lowest BCUT2D eigenvalue weighted by Gasteiger charge is -2.41. The van der Waals surface area contributed by atoms with Gasteiger partial charge in [-0.15, -0.1) is 0 Å². The topological polar surface area (TPSA) is 61.2 Å². The quantitative estimate of drug-likeness (QED) is 0.781. The monoisotopic (exact) mass is 396 g/mol. The van der Waals surface area contributed by atoms with Crippen molar-refractivity contribution in [2.24, 2.45) is 0 Å². The molecule has 1 fully saturated rings. The number of nitrogens with zero attached hydrogens (tertiary/aromatic N) is 3. The zero-order valence-electron chi connectivity index (χ0n) is 17.9. The van der Waals surface area contributed by atoms with Crippen molar-refractivity contribution in [2.75, 3.05) is 24.6 Å². The molecule has 1 aliphatic heterocycles. The van der Waals surface area contributed by atoms with Gasteiger partial charge in [0.2, 0.25) is 0 Å². The summed E-state index contributed by atoms with van der Waals surface area (Å²) in [5, 5.41) is 14.3. The molecule has 0 aliphatic carbocycles. The second kappa shape index (κ2) is 7.82. The molecule has 150 valence electrons. The average molecular weight is 397 g/mol. The Morgan fingerprint density at radius 2 is 2.00 bits per heavy atom. The zero-order chi connectivity index (χ0) is 20.5. The molecule has 5 nitrogen and oxygen atoms in total. The molecule has 28 heavy (non-hydrogen) atoms. The largest absolute Gasteiger partial charge is 0.415 e. The van der Waals surface area contributed by atoms with E-state index < -0.39 is 8.32 Å². The Morgan fingerprint density at radius 1 is 1.25 bits per heavy atom. The smallest absolute Gasteiger partial charge is 0.192 e. The second-order valence-electron chi connectivity index (χ2n) is 9.40. The Bertz CT molecular complexity index is 884. The predicted octanol–water partition coefficient (Wildman–Crippen LogP) is 4.29. The zero-order valence-corrected chi connectivity index (χ0v) is 18.9. The summed E-state index contributed by atoms with van der Waals surface area (Å²) in [6.45, 7) is 16.1. The third-order valence-corrected chi connectivity index (χ3v) is 10.6. The Labute approximate surface area is 169 Å². The number of rotatable bonds is 4. The number of hydrogen-bond acceptors (Lipinski definition) is 5. The molecule has 0 spiro atoms. The highest BCUT2D eigenvalue weighted by Crippen LogP contribution is 2.36. The summed E-state index contributed by atoms with van der Waals surface area (Å²) >= 11 is 0. The number of aromatic nitrogens is 1. The van der Waals surface area contributed by atoms with E-state index in [0.717, 1.165) is 29.8 Å². The fourth-order valence-corrected chi connectivity index (χ4v) is 4.45. The molecular weight excluding hydrogens is 364 g/mol. The van der Waals surface area contributed by atoms with Gasteiger partial charge >= 0.3 is 0 Å². The van der Waals surface area contributed by atoms with Crippen molar-refractivity contribution < 1.29 is 4.43 Å². The normalized spacial score (nSPS) is 21.0. The SMILES string of the molecule is C[C@@H]1CN(c2ccc3cccc(C#N)c3n2)C[C@H](CO[Si](C)(C)C(C)(C)C)N1. The molecule has 2 aromatic rings. The van der Waals surface area contributed by atoms with Gasteiger partial charge < -0.3 is 14.6 Å². The molecule has 0 bridgehead atoms. The molecule has 1 N–H and O–H groups in total. The molecule has 0 amide bonds. The van der Waals surface area contributed by atoms with Crippen LogP contribution in [0.2, 0.25) is 18.1 Å². The van der Waals surface area contributed by atoms with Crippen LogP contribution in [0.3, 0.4) is 0 Å². The van der Waals surface area contributed by atoms with E-state index in [1.807, 2.05) is 18.2 Å². The van der Waals surface area contributed by atoms with Crippen LogP contribution in [0.4, 0.5) is 5.82 Å². The molecule has 2 heterocycles. The molecule has 6 heteroatoms. The van der Waals surface area contributed by atoms with Gasteiger partial charge in [0.1, 0.15) is 11.9 Å². The maximum absolute atomic E-state index is 9.41. The van der Waals surface area contributed by atoms with Gasteiger partial charge in [0.05, 0.1) is 17.7 Å². The molecule has 1 saturated heterocycles. The van der Waals surface area contributed by atoms with Crippen LogP contribution in [-0.2, 0) is 4.43 Å². The van der Waals surface area contributed by atoms with E-state index in [-0.39, 0.29) is 11.1 Å². The lowest BCUT2D eigenvalue weighted by Crippen LogP contribution is -2.58. The Balaban J connectivity index is 1.78. The number of fused-ring (bicyclic) bond motifs is 1. The van der Waals surface area contributed by atoms with E-state index in [1.54, 1.807) is 0 Å². The summed E-state index contributed by atoms with van der Waals surface area (Å²) in [5.74, 6) is 0.931. The van der Waals surface area contributed by atoms with E-state index in [9.17, 15) is 5.26 Å². The lowest BCUT2D eigenvalue weighted by molar-refractivity contribution is 0.222. The first kappa shape index (κ1) is 20.8. The number of hydrogen-bond donors (Lipinski definition) is 1. The molecule has 0 saturated carbocycles. The summed E-state index contributed by atoms with van der Waals surface area (Å²) in [6.07, 6.45) is 0. The molecule has 3 rings (SSSR count). The summed E-state index contributed by atoms with van der Waals surface area (Å²) in [4.78, 5) is 7.14. The lowest BCUT2D eigenvalue weighted by atomic mass is 10.1. The first-order chi connectivity index (χ1) is 13.1. The summed E-state index contributed by atoms with van der Waals surface area (Å²) in [5.41, 5.74) is 1.41. The fourth-order valence-electron chi connectivity index (χ4n) is 3.40. The van der Waals surface area contributed by atoms with Crippen LogP contribution >= 0.6 is 0 Å². The van der Waals surface area contributed by atoms with Crippen LogP contribution in [-0.4, -0.2) is 45.1 Å². The second-order valence-corrected chi connectivity index (χ2v) is 14.2. The van der Waals surface area contributed by atoms with Gasteiger partial charge in [-0.2, -0.15) is 5.26 Å². The third-order valence-electron chi connectivity index (χ3n) is 6.06. The highest BCUT2D eigenvalue weighted by molar-refractivity contribution is 6.74. The summed E-state index contributed by atoms with van der Waals surface area (Å²) in [6, 6.07) is 12.7. The molecule has 0 unspecified atom stereocenters. The van der Waals surface area contributed by atoms with Gasteiger partial charge in [-0.3, -0.25) is 0 Å². The maximum Gasteiger partial charge on any atom is 0.192 e. The van der Waals surface area contributed by atoms with Gasteiger partial charge in [0.15, 0.2) is 8.32 Å². The Hall–Kier alpha value is -1.94. The third kappa shape index (κ3) is 4.38. The van der Waals surface area contributed by atoms with Crippen molar-refractivity contribution in [3.63, 3.8) is 0 Å². The van der Waals surface area contributed by atoms with Crippen molar-refractivity contribution in [3.05, 3.63) is 35.9 Å². The van der Waals surface area contributed by atoms with Crippen molar-refractivity contribution in [1.29, 1.82) is 5.26 Å². The standard InChI is InChI=1S/C22H32N4OSi/c1-16-13-26(14-19(24-16)15-27-28(5,6)22(2,3)4)20-11-10-17-8-7-9-18(12-23)21(17)25-20/h7-11,16,19,24H,13-15H2,1-6H3/t16-,19-/m1/s1. The minimum Gasteiger partial charge on any atom is -0.415 e. The Morgan fingerprint density at radius 3 is 2.68 bits per heavy atom. The summed E-state index contributed by atoms with van der Waals surface area (Å²) < 4.78 is 6.46. The van der Waals surface area contributed by atoms with Gasteiger partial charge in [-0.1, -0.05) is 32.9 Å². The van der Waals surface area contributed by atoms with E-state index in [1.165, 1.54) is 0 Å². The minimum atomic E-state index is -1.77. The molecule has 1 aromatic heterocycles. The number of nitriles is 1. The highest BCUT2D eigenvalue weighted by Gasteiger charge is 2.38. The summed E-state index contributed by atoms with van der Waals surface area (Å²) in [7, 11) is -1.77. The van der Waals surface area contributed by atoms with Crippen LogP contribution in [0.25, 0.3) is 10.9 Å². The molecule has 0 radical (unpaired) electrons. The fraction of sp³-hybridized carbons (Fsp3) is 0.545. The first-order valence-corrected chi connectivity index (χ1v) is 13.0. The number of para-hydroxylation sites is 1. The molecule has 2 atom stereocenters. The van der Waals surface area contributed by atoms with Crippen LogP contribution in [0.15, 0.2) is 30.3 Å². The minimum absolute atomic E-state index is 0.209. The Kier molecular flexibility index (Phi) is 5.81. The van der Waals surface area contributed by atoms with Crippen LogP contribution < -0.4 is 10.2 Å². The molecule has 1 aliphatic rings. The van der Waals surface area contributed by atoms with Crippen molar-refractivity contribution >= 4 is 25.0 Å². The first-order valence-electron chi connectivity index (χ1n) is 10.1. The van der Waals surface area contributed by atoms with Gasteiger partial charge in [0, 0.05) is 30.6 Å². The predicted molar refractivity (Wildman–Crippen MR) is 118 cm³/mol. The van der Waals surface area contributed by atoms with Crippen LogP contribution in [0, 0.1) is 11.3 Å². The maximum atomic E-state index is 9.41. The van der Waals surface area contributed by atoms with Crippen molar-refractivity contribution in [3.8, 4) is 6.07 Å². The van der Waals surface area contributed by atoms with E-state index in [4.69, 9.17) is 9.41 Å². The van der Waals surface area contributed by atoms with Crippen LogP contribution in [0.5, 0.6) is 0 Å². The molecular formula is C22H32N4OSi. The van der Waals surface area contributed by atoms with E-state index in [2.05, 4.69) is 69.2 Å². The van der Waals surface area contributed by atoms with E-state index >= 15 is 0 Å². The van der Waals surface area contributed by atoms with E-state index in [0.29, 0.717) is 18.2 Å². The number of benzene rings is 1. The van der Waals surface area contributed by atoms with Crippen LogP contribution in [0.1, 0.15) is 33.3 Å². The number of pyridine rings is 1. The van der Waals surface area contributed by atoms with Crippen molar-refractivity contribution in [2.45, 2.75) is 57.9 Å². The number of nitrogens with one attached hydrogen (secondary N) is 1. The van der Waals surface area contributed by atoms with Gasteiger partial charge in [-0.05, 0) is 43.3 Å². The van der Waals surface area contributed by atoms with Gasteiger partial charge in [-0.25, -0.2) is 4.98 Å².